The summed E-state index contributed by atoms with van der Waals surface area (Å²) < 4.78 is 5.02. The van der Waals surface area contributed by atoms with Crippen molar-refractivity contribution in [3.05, 3.63) is 34.9 Å². The number of hydrogen-bond donors (Lipinski definition) is 0. The highest BCUT2D eigenvalue weighted by molar-refractivity contribution is 5.93. The van der Waals surface area contributed by atoms with Gasteiger partial charge in [-0.1, -0.05) is 6.07 Å². The van der Waals surface area contributed by atoms with Gasteiger partial charge in [0.25, 0.3) is 0 Å². The van der Waals surface area contributed by atoms with Gasteiger partial charge in [0, 0.05) is 23.8 Å². The first-order valence-electron chi connectivity index (χ1n) is 7.78. The lowest BCUT2D eigenvalue weighted by Crippen LogP contribution is -2.35. The summed E-state index contributed by atoms with van der Waals surface area (Å²) in [5, 5.41) is 0. The molecule has 1 aromatic rings. The van der Waals surface area contributed by atoms with Gasteiger partial charge in [0.2, 0.25) is 0 Å². The molecule has 2 rings (SSSR count). The van der Waals surface area contributed by atoms with Crippen LogP contribution in [0.1, 0.15) is 45.2 Å². The van der Waals surface area contributed by atoms with Crippen LogP contribution in [0.2, 0.25) is 0 Å². The van der Waals surface area contributed by atoms with Crippen LogP contribution in [0.4, 0.5) is 5.69 Å². The van der Waals surface area contributed by atoms with E-state index in [-0.39, 0.29) is 5.97 Å². The van der Waals surface area contributed by atoms with E-state index in [1.807, 2.05) is 13.0 Å². The topological polar surface area (TPSA) is 29.5 Å². The molecule has 0 saturated heterocycles. The van der Waals surface area contributed by atoms with Gasteiger partial charge in [0.05, 0.1) is 6.61 Å². The summed E-state index contributed by atoms with van der Waals surface area (Å²) in [6, 6.07) is 6.99. The fraction of sp³-hybridized carbons (Fsp3) is 0.500. The van der Waals surface area contributed by atoms with Crippen LogP contribution in [0.5, 0.6) is 0 Å². The molecule has 0 saturated carbocycles. The van der Waals surface area contributed by atoms with Gasteiger partial charge in [-0.25, -0.2) is 4.79 Å². The van der Waals surface area contributed by atoms with E-state index >= 15 is 0 Å². The fourth-order valence-corrected chi connectivity index (χ4v) is 2.83. The molecule has 114 valence electrons. The first kappa shape index (κ1) is 15.6. The molecular formula is C18H25NO2. The number of carbonyl (C=O) groups is 1. The van der Waals surface area contributed by atoms with E-state index in [4.69, 9.17) is 4.74 Å². The third-order valence-corrected chi connectivity index (χ3v) is 3.86. The molecule has 0 fully saturated rings. The second-order valence-electron chi connectivity index (χ2n) is 5.83. The number of fused-ring (bicyclic) bond motifs is 1. The lowest BCUT2D eigenvalue weighted by atomic mass is 9.97. The third kappa shape index (κ3) is 3.66. The Morgan fingerprint density at radius 2 is 2.19 bits per heavy atom. The van der Waals surface area contributed by atoms with Crippen molar-refractivity contribution in [2.75, 3.05) is 18.1 Å². The third-order valence-electron chi connectivity index (χ3n) is 3.86. The summed E-state index contributed by atoms with van der Waals surface area (Å²) in [5.41, 5.74) is 4.43. The standard InChI is InChI=1S/C18H25NO2/c1-5-21-18(20)14(4)11-15-8-9-17-16(12-15)7-6-10-19(17)13(2)3/h8-9,11-13H,5-7,10H2,1-4H3/b14-11+. The zero-order valence-electron chi connectivity index (χ0n) is 13.5. The Morgan fingerprint density at radius 3 is 2.86 bits per heavy atom. The van der Waals surface area contributed by atoms with Crippen molar-refractivity contribution >= 4 is 17.7 Å². The van der Waals surface area contributed by atoms with Gasteiger partial charge in [-0.05, 0) is 69.9 Å². The van der Waals surface area contributed by atoms with Crippen molar-refractivity contribution in [2.45, 2.75) is 46.6 Å². The molecule has 1 aliphatic rings. The Bertz CT molecular complexity index is 546. The van der Waals surface area contributed by atoms with Crippen LogP contribution < -0.4 is 4.90 Å². The second-order valence-corrected chi connectivity index (χ2v) is 5.83. The zero-order valence-corrected chi connectivity index (χ0v) is 13.5. The molecule has 1 aliphatic heterocycles. The van der Waals surface area contributed by atoms with E-state index in [1.54, 1.807) is 6.92 Å². The van der Waals surface area contributed by atoms with Crippen LogP contribution in [0.3, 0.4) is 0 Å². The number of nitrogens with zero attached hydrogens (tertiary/aromatic N) is 1. The maximum absolute atomic E-state index is 11.7. The summed E-state index contributed by atoms with van der Waals surface area (Å²) >= 11 is 0. The molecular weight excluding hydrogens is 262 g/mol. The lowest BCUT2D eigenvalue weighted by molar-refractivity contribution is -0.138. The molecule has 3 heteroatoms. The summed E-state index contributed by atoms with van der Waals surface area (Å²) in [6.07, 6.45) is 4.21. The SMILES string of the molecule is CCOC(=O)/C(C)=C/c1ccc2c(c1)CCCN2C(C)C. The van der Waals surface area contributed by atoms with Crippen molar-refractivity contribution < 1.29 is 9.53 Å². The van der Waals surface area contributed by atoms with Crippen molar-refractivity contribution in [3.63, 3.8) is 0 Å². The van der Waals surface area contributed by atoms with E-state index in [0.29, 0.717) is 18.2 Å². The number of hydrogen-bond acceptors (Lipinski definition) is 3. The molecule has 0 amide bonds. The minimum Gasteiger partial charge on any atom is -0.463 e. The van der Waals surface area contributed by atoms with Crippen LogP contribution >= 0.6 is 0 Å². The predicted molar refractivity (Wildman–Crippen MR) is 87.5 cm³/mol. The van der Waals surface area contributed by atoms with E-state index in [2.05, 4.69) is 36.9 Å². The van der Waals surface area contributed by atoms with Gasteiger partial charge < -0.3 is 9.64 Å². The first-order chi connectivity index (χ1) is 10.0. The Morgan fingerprint density at radius 1 is 1.43 bits per heavy atom. The Hall–Kier alpha value is -1.77. The van der Waals surface area contributed by atoms with Crippen molar-refractivity contribution in [1.29, 1.82) is 0 Å². The summed E-state index contributed by atoms with van der Waals surface area (Å²) in [7, 11) is 0. The quantitative estimate of drug-likeness (QED) is 0.623. The Balaban J connectivity index is 2.25. The van der Waals surface area contributed by atoms with Gasteiger partial charge in [-0.15, -0.1) is 0 Å². The van der Waals surface area contributed by atoms with E-state index in [1.165, 1.54) is 17.7 Å². The summed E-state index contributed by atoms with van der Waals surface area (Å²) in [4.78, 5) is 14.1. The highest BCUT2D eigenvalue weighted by Gasteiger charge is 2.19. The van der Waals surface area contributed by atoms with Crippen molar-refractivity contribution in [3.8, 4) is 0 Å². The van der Waals surface area contributed by atoms with Crippen molar-refractivity contribution in [2.24, 2.45) is 0 Å². The van der Waals surface area contributed by atoms with E-state index in [0.717, 1.165) is 18.5 Å². The molecule has 0 atom stereocenters. The number of esters is 1. The minimum absolute atomic E-state index is 0.237. The van der Waals surface area contributed by atoms with Crippen LogP contribution in [-0.2, 0) is 16.0 Å². The molecule has 1 heterocycles. The van der Waals surface area contributed by atoms with Crippen molar-refractivity contribution in [1.82, 2.24) is 0 Å². The zero-order chi connectivity index (χ0) is 15.4. The molecule has 0 radical (unpaired) electrons. The number of aryl methyl sites for hydroxylation is 1. The molecule has 21 heavy (non-hydrogen) atoms. The molecule has 1 aromatic carbocycles. The predicted octanol–water partition coefficient (Wildman–Crippen LogP) is 3.81. The molecule has 0 bridgehead atoms. The maximum Gasteiger partial charge on any atom is 0.333 e. The van der Waals surface area contributed by atoms with Gasteiger partial charge in [-0.3, -0.25) is 0 Å². The van der Waals surface area contributed by atoms with Crippen LogP contribution in [0.15, 0.2) is 23.8 Å². The van der Waals surface area contributed by atoms with Gasteiger partial charge in [0.1, 0.15) is 0 Å². The smallest absolute Gasteiger partial charge is 0.333 e. The van der Waals surface area contributed by atoms with Gasteiger partial charge in [0.15, 0.2) is 0 Å². The van der Waals surface area contributed by atoms with Crippen LogP contribution in [-0.4, -0.2) is 25.2 Å². The maximum atomic E-state index is 11.7. The number of ether oxygens (including phenoxy) is 1. The van der Waals surface area contributed by atoms with Crippen LogP contribution in [0.25, 0.3) is 6.08 Å². The number of anilines is 1. The number of benzene rings is 1. The first-order valence-corrected chi connectivity index (χ1v) is 7.78. The van der Waals surface area contributed by atoms with Gasteiger partial charge in [-0.2, -0.15) is 0 Å². The van der Waals surface area contributed by atoms with E-state index < -0.39 is 0 Å². The van der Waals surface area contributed by atoms with E-state index in [9.17, 15) is 4.79 Å². The van der Waals surface area contributed by atoms with Gasteiger partial charge >= 0.3 is 5.97 Å². The minimum atomic E-state index is -0.237. The summed E-state index contributed by atoms with van der Waals surface area (Å²) in [5.74, 6) is -0.237. The summed E-state index contributed by atoms with van der Waals surface area (Å²) in [6.45, 7) is 9.63. The fourth-order valence-electron chi connectivity index (χ4n) is 2.83. The molecule has 0 aliphatic carbocycles. The normalized spacial score (nSPS) is 15.1. The molecule has 0 spiro atoms. The number of carbonyl (C=O) groups excluding carboxylic acids is 1. The molecule has 0 aromatic heterocycles. The Kier molecular flexibility index (Phi) is 5.05. The average Bonchev–Trinajstić information content (AvgIpc) is 2.46. The second kappa shape index (κ2) is 6.79. The number of rotatable bonds is 4. The highest BCUT2D eigenvalue weighted by Crippen LogP contribution is 2.30. The lowest BCUT2D eigenvalue weighted by Gasteiger charge is -2.34. The largest absolute Gasteiger partial charge is 0.463 e. The van der Waals surface area contributed by atoms with Crippen LogP contribution in [0, 0.1) is 0 Å². The average molecular weight is 287 g/mol. The Labute approximate surface area is 127 Å². The monoisotopic (exact) mass is 287 g/mol. The molecule has 3 nitrogen and oxygen atoms in total. The molecule has 0 unspecified atom stereocenters. The molecule has 0 N–H and O–H groups in total. The highest BCUT2D eigenvalue weighted by atomic mass is 16.5.